The molecule has 0 radical (unpaired) electrons. The molecule has 2 atom stereocenters. The van der Waals surface area contributed by atoms with Crippen molar-refractivity contribution in [1.82, 2.24) is 5.32 Å². The van der Waals surface area contributed by atoms with Crippen LogP contribution in [0.3, 0.4) is 0 Å². The van der Waals surface area contributed by atoms with Gasteiger partial charge in [-0.1, -0.05) is 186 Å². The number of allylic oxidation sites excluding steroid dienone is 4. The quantitative estimate of drug-likeness (QED) is 0.0488. The SMILES string of the molecule is CCCC/C=C\C/C=C\CCCCCCCC(=O)NC(CO)C(O)CCCCCCCCCCCCCCCCCCCC. The first-order chi connectivity index (χ1) is 21.7. The second kappa shape index (κ2) is 36.3. The van der Waals surface area contributed by atoms with Crippen LogP contribution >= 0.6 is 0 Å². The first kappa shape index (κ1) is 42.9. The van der Waals surface area contributed by atoms with E-state index in [0.717, 1.165) is 44.9 Å². The van der Waals surface area contributed by atoms with Gasteiger partial charge in [0.1, 0.15) is 0 Å². The maximum atomic E-state index is 12.3. The Labute approximate surface area is 275 Å². The normalized spacial score (nSPS) is 13.3. The first-order valence-electron chi connectivity index (χ1n) is 19.5. The molecule has 0 heterocycles. The Hall–Kier alpha value is -1.13. The van der Waals surface area contributed by atoms with Gasteiger partial charge < -0.3 is 15.5 Å². The van der Waals surface area contributed by atoms with Crippen molar-refractivity contribution in [3.8, 4) is 0 Å². The van der Waals surface area contributed by atoms with E-state index in [2.05, 4.69) is 43.5 Å². The van der Waals surface area contributed by atoms with Crippen molar-refractivity contribution >= 4 is 5.91 Å². The van der Waals surface area contributed by atoms with Gasteiger partial charge in [-0.2, -0.15) is 0 Å². The maximum Gasteiger partial charge on any atom is 0.220 e. The summed E-state index contributed by atoms with van der Waals surface area (Å²) in [4.78, 5) is 12.3. The number of amides is 1. The molecule has 44 heavy (non-hydrogen) atoms. The van der Waals surface area contributed by atoms with Gasteiger partial charge in [0.15, 0.2) is 0 Å². The monoisotopic (exact) mass is 620 g/mol. The summed E-state index contributed by atoms with van der Waals surface area (Å²) in [5.41, 5.74) is 0. The third kappa shape index (κ3) is 32.3. The molecule has 4 nitrogen and oxygen atoms in total. The zero-order chi connectivity index (χ0) is 32.2. The van der Waals surface area contributed by atoms with E-state index >= 15 is 0 Å². The molecule has 0 saturated carbocycles. The van der Waals surface area contributed by atoms with Crippen LogP contribution in [0.15, 0.2) is 24.3 Å². The van der Waals surface area contributed by atoms with Gasteiger partial charge in [-0.05, 0) is 38.5 Å². The number of aliphatic hydroxyl groups is 2. The summed E-state index contributed by atoms with van der Waals surface area (Å²) in [5, 5.41) is 23.1. The number of hydrogen-bond donors (Lipinski definition) is 3. The van der Waals surface area contributed by atoms with E-state index in [-0.39, 0.29) is 12.5 Å². The number of aliphatic hydroxyl groups excluding tert-OH is 2. The van der Waals surface area contributed by atoms with E-state index in [9.17, 15) is 15.0 Å². The molecule has 0 aromatic heterocycles. The Morgan fingerprint density at radius 1 is 0.545 bits per heavy atom. The lowest BCUT2D eigenvalue weighted by atomic mass is 10.0. The highest BCUT2D eigenvalue weighted by Crippen LogP contribution is 2.15. The van der Waals surface area contributed by atoms with Crippen molar-refractivity contribution in [3.05, 3.63) is 24.3 Å². The minimum Gasteiger partial charge on any atom is -0.394 e. The lowest BCUT2D eigenvalue weighted by molar-refractivity contribution is -0.123. The number of carbonyl (C=O) groups excluding carboxylic acids is 1. The van der Waals surface area contributed by atoms with Crippen LogP contribution < -0.4 is 5.32 Å². The summed E-state index contributed by atoms with van der Waals surface area (Å²) in [6.07, 6.45) is 45.2. The largest absolute Gasteiger partial charge is 0.394 e. The number of carbonyl (C=O) groups is 1. The molecule has 0 spiro atoms. The summed E-state index contributed by atoms with van der Waals surface area (Å²) in [5.74, 6) is -0.0455. The molecule has 0 aliphatic heterocycles. The van der Waals surface area contributed by atoms with E-state index < -0.39 is 12.1 Å². The van der Waals surface area contributed by atoms with E-state index in [4.69, 9.17) is 0 Å². The van der Waals surface area contributed by atoms with Crippen molar-refractivity contribution in [3.63, 3.8) is 0 Å². The molecule has 0 aliphatic rings. The van der Waals surface area contributed by atoms with Crippen molar-refractivity contribution in [2.75, 3.05) is 6.61 Å². The second-order valence-corrected chi connectivity index (χ2v) is 13.4. The van der Waals surface area contributed by atoms with E-state index in [1.807, 2.05) is 0 Å². The fraction of sp³-hybridized carbons (Fsp3) is 0.875. The van der Waals surface area contributed by atoms with E-state index in [0.29, 0.717) is 12.8 Å². The minimum absolute atomic E-state index is 0.0455. The molecule has 0 aromatic carbocycles. The van der Waals surface area contributed by atoms with Crippen LogP contribution in [0, 0.1) is 0 Å². The lowest BCUT2D eigenvalue weighted by Crippen LogP contribution is -2.45. The molecule has 2 unspecified atom stereocenters. The Morgan fingerprint density at radius 3 is 1.43 bits per heavy atom. The molecule has 260 valence electrons. The highest BCUT2D eigenvalue weighted by molar-refractivity contribution is 5.76. The molecule has 0 rings (SSSR count). The number of nitrogens with one attached hydrogen (secondary N) is 1. The number of unbranched alkanes of at least 4 members (excludes halogenated alkanes) is 24. The van der Waals surface area contributed by atoms with Crippen LogP contribution in [0.2, 0.25) is 0 Å². The topological polar surface area (TPSA) is 69.6 Å². The highest BCUT2D eigenvalue weighted by Gasteiger charge is 2.19. The van der Waals surface area contributed by atoms with Crippen molar-refractivity contribution in [2.45, 2.75) is 219 Å². The fourth-order valence-corrected chi connectivity index (χ4v) is 5.91. The van der Waals surface area contributed by atoms with E-state index in [1.54, 1.807) is 0 Å². The Morgan fingerprint density at radius 2 is 0.955 bits per heavy atom. The summed E-state index contributed by atoms with van der Waals surface area (Å²) in [6.45, 7) is 4.31. The van der Waals surface area contributed by atoms with Crippen LogP contribution in [-0.2, 0) is 4.79 Å². The number of hydrogen-bond acceptors (Lipinski definition) is 3. The molecular formula is C40H77NO3. The smallest absolute Gasteiger partial charge is 0.220 e. The van der Waals surface area contributed by atoms with Crippen LogP contribution in [0.4, 0.5) is 0 Å². The Balaban J connectivity index is 3.55. The second-order valence-electron chi connectivity index (χ2n) is 13.4. The van der Waals surface area contributed by atoms with Gasteiger partial charge in [0, 0.05) is 6.42 Å². The zero-order valence-corrected chi connectivity index (χ0v) is 29.7. The van der Waals surface area contributed by atoms with Gasteiger partial charge in [-0.15, -0.1) is 0 Å². The Kier molecular flexibility index (Phi) is 35.4. The molecule has 1 amide bonds. The third-order valence-corrected chi connectivity index (χ3v) is 8.97. The average molecular weight is 620 g/mol. The molecule has 0 bridgehead atoms. The van der Waals surface area contributed by atoms with Gasteiger partial charge in [0.2, 0.25) is 5.91 Å². The van der Waals surface area contributed by atoms with Gasteiger partial charge in [-0.3, -0.25) is 4.79 Å². The molecule has 0 aliphatic carbocycles. The van der Waals surface area contributed by atoms with Crippen LogP contribution in [0.5, 0.6) is 0 Å². The van der Waals surface area contributed by atoms with Crippen molar-refractivity contribution in [1.29, 1.82) is 0 Å². The molecule has 3 N–H and O–H groups in total. The summed E-state index contributed by atoms with van der Waals surface area (Å²) < 4.78 is 0. The molecule has 0 saturated heterocycles. The standard InChI is InChI=1S/C40H77NO3/c1-3-5-7-9-11-13-15-17-19-20-21-22-23-25-27-29-31-33-35-39(43)38(37-42)41-40(44)36-34-32-30-28-26-24-18-16-14-12-10-8-6-4-2/h10,12,16,18,38-39,42-43H,3-9,11,13-15,17,19-37H2,1-2H3,(H,41,44)/b12-10-,18-16-. The predicted molar refractivity (Wildman–Crippen MR) is 193 cm³/mol. The van der Waals surface area contributed by atoms with Crippen LogP contribution in [-0.4, -0.2) is 34.9 Å². The summed E-state index contributed by atoms with van der Waals surface area (Å²) >= 11 is 0. The fourth-order valence-electron chi connectivity index (χ4n) is 5.91. The van der Waals surface area contributed by atoms with Crippen molar-refractivity contribution in [2.24, 2.45) is 0 Å². The molecule has 0 fully saturated rings. The molecular weight excluding hydrogens is 542 g/mol. The highest BCUT2D eigenvalue weighted by atomic mass is 16.3. The Bertz CT molecular complexity index is 632. The maximum absolute atomic E-state index is 12.3. The first-order valence-corrected chi connectivity index (χ1v) is 19.5. The molecule has 4 heteroatoms. The lowest BCUT2D eigenvalue weighted by Gasteiger charge is -2.22. The third-order valence-electron chi connectivity index (χ3n) is 8.97. The predicted octanol–water partition coefficient (Wildman–Crippen LogP) is 11.7. The van der Waals surface area contributed by atoms with Gasteiger partial charge in [-0.25, -0.2) is 0 Å². The number of rotatable bonds is 35. The zero-order valence-electron chi connectivity index (χ0n) is 29.7. The van der Waals surface area contributed by atoms with Crippen LogP contribution in [0.25, 0.3) is 0 Å². The van der Waals surface area contributed by atoms with Gasteiger partial charge in [0.05, 0.1) is 18.8 Å². The average Bonchev–Trinajstić information content (AvgIpc) is 3.03. The van der Waals surface area contributed by atoms with Crippen molar-refractivity contribution < 1.29 is 15.0 Å². The molecule has 0 aromatic rings. The van der Waals surface area contributed by atoms with Gasteiger partial charge >= 0.3 is 0 Å². The van der Waals surface area contributed by atoms with Gasteiger partial charge in [0.25, 0.3) is 0 Å². The minimum atomic E-state index is -0.662. The van der Waals surface area contributed by atoms with E-state index in [1.165, 1.54) is 135 Å². The summed E-state index contributed by atoms with van der Waals surface area (Å²) in [6, 6.07) is -0.540. The summed E-state index contributed by atoms with van der Waals surface area (Å²) in [7, 11) is 0. The van der Waals surface area contributed by atoms with Crippen LogP contribution in [0.1, 0.15) is 206 Å².